The topological polar surface area (TPSA) is 78.5 Å². The Hall–Kier alpha value is -2.64. The molecule has 1 aliphatic carbocycles. The SMILES string of the molecule is O=C(N[C@@H]1CCCC[C@H]1NC(=O)[C@H]1CCCN(C(=O)c2ccc(Cl)cc2Cl)C1)c1ccc(F)cc1. The molecular formula is C26H28Cl2FN3O3. The highest BCUT2D eigenvalue weighted by atomic mass is 35.5. The number of hydrogen-bond acceptors (Lipinski definition) is 3. The van der Waals surface area contributed by atoms with Crippen molar-refractivity contribution in [3.05, 3.63) is 69.5 Å². The Kier molecular flexibility index (Phi) is 8.29. The molecule has 0 radical (unpaired) electrons. The molecule has 9 heteroatoms. The summed E-state index contributed by atoms with van der Waals surface area (Å²) < 4.78 is 13.2. The average molecular weight is 520 g/mol. The van der Waals surface area contributed by atoms with Crippen molar-refractivity contribution in [3.8, 4) is 0 Å². The van der Waals surface area contributed by atoms with Gasteiger partial charge in [0.25, 0.3) is 11.8 Å². The minimum atomic E-state index is -0.400. The van der Waals surface area contributed by atoms with Gasteiger partial charge in [0.1, 0.15) is 5.82 Å². The van der Waals surface area contributed by atoms with Gasteiger partial charge in [-0.1, -0.05) is 36.0 Å². The number of likely N-dealkylation sites (tertiary alicyclic amines) is 1. The minimum absolute atomic E-state index is 0.113. The molecule has 2 N–H and O–H groups in total. The van der Waals surface area contributed by atoms with Crippen LogP contribution in [0.3, 0.4) is 0 Å². The molecular weight excluding hydrogens is 492 g/mol. The third-order valence-electron chi connectivity index (χ3n) is 6.76. The summed E-state index contributed by atoms with van der Waals surface area (Å²) in [7, 11) is 0. The number of benzene rings is 2. The Morgan fingerprint density at radius 2 is 1.57 bits per heavy atom. The van der Waals surface area contributed by atoms with E-state index in [9.17, 15) is 18.8 Å². The summed E-state index contributed by atoms with van der Waals surface area (Å²) in [5.74, 6) is -1.36. The molecule has 6 nitrogen and oxygen atoms in total. The highest BCUT2D eigenvalue weighted by molar-refractivity contribution is 6.36. The molecule has 0 spiro atoms. The Balaban J connectivity index is 1.37. The fraction of sp³-hybridized carbons (Fsp3) is 0.423. The van der Waals surface area contributed by atoms with E-state index in [-0.39, 0.29) is 40.7 Å². The molecule has 0 unspecified atom stereocenters. The lowest BCUT2D eigenvalue weighted by Gasteiger charge is -2.36. The third kappa shape index (κ3) is 6.33. The van der Waals surface area contributed by atoms with Gasteiger partial charge in [-0.2, -0.15) is 0 Å². The smallest absolute Gasteiger partial charge is 0.255 e. The number of piperidine rings is 1. The van der Waals surface area contributed by atoms with Gasteiger partial charge in [0, 0.05) is 35.8 Å². The molecule has 2 fully saturated rings. The van der Waals surface area contributed by atoms with E-state index in [4.69, 9.17) is 23.2 Å². The second-order valence-corrected chi connectivity index (χ2v) is 10.0. The molecule has 2 aromatic rings. The average Bonchev–Trinajstić information content (AvgIpc) is 2.85. The van der Waals surface area contributed by atoms with Crippen LogP contribution in [0.4, 0.5) is 4.39 Å². The van der Waals surface area contributed by atoms with Crippen LogP contribution in [0.5, 0.6) is 0 Å². The van der Waals surface area contributed by atoms with Crippen LogP contribution in [0.1, 0.15) is 59.2 Å². The van der Waals surface area contributed by atoms with Crippen molar-refractivity contribution in [1.82, 2.24) is 15.5 Å². The number of rotatable bonds is 5. The van der Waals surface area contributed by atoms with E-state index < -0.39 is 5.82 Å². The molecule has 2 aromatic carbocycles. The van der Waals surface area contributed by atoms with E-state index in [0.717, 1.165) is 25.7 Å². The van der Waals surface area contributed by atoms with Crippen molar-refractivity contribution in [1.29, 1.82) is 0 Å². The maximum atomic E-state index is 13.2. The number of carbonyl (C=O) groups excluding carboxylic acids is 3. The lowest BCUT2D eigenvalue weighted by molar-refractivity contribution is -0.127. The van der Waals surface area contributed by atoms with Gasteiger partial charge in [-0.05, 0) is 68.1 Å². The third-order valence-corrected chi connectivity index (χ3v) is 7.31. The first-order valence-electron chi connectivity index (χ1n) is 11.9. The minimum Gasteiger partial charge on any atom is -0.351 e. The summed E-state index contributed by atoms with van der Waals surface area (Å²) in [6, 6.07) is 9.75. The summed E-state index contributed by atoms with van der Waals surface area (Å²) in [6.07, 6.45) is 4.82. The fourth-order valence-corrected chi connectivity index (χ4v) is 5.33. The number of carbonyl (C=O) groups is 3. The van der Waals surface area contributed by atoms with E-state index >= 15 is 0 Å². The van der Waals surface area contributed by atoms with Crippen molar-refractivity contribution in [2.75, 3.05) is 13.1 Å². The quantitative estimate of drug-likeness (QED) is 0.592. The second kappa shape index (κ2) is 11.4. The maximum Gasteiger partial charge on any atom is 0.255 e. The molecule has 1 aliphatic heterocycles. The van der Waals surface area contributed by atoms with Crippen LogP contribution in [0.2, 0.25) is 10.0 Å². The van der Waals surface area contributed by atoms with Crippen molar-refractivity contribution in [3.63, 3.8) is 0 Å². The summed E-state index contributed by atoms with van der Waals surface area (Å²) in [5.41, 5.74) is 0.748. The number of halogens is 3. The molecule has 0 bridgehead atoms. The zero-order valence-electron chi connectivity index (χ0n) is 19.2. The van der Waals surface area contributed by atoms with Crippen LogP contribution >= 0.6 is 23.2 Å². The summed E-state index contributed by atoms with van der Waals surface area (Å²) in [4.78, 5) is 40.5. The predicted molar refractivity (Wildman–Crippen MR) is 133 cm³/mol. The zero-order valence-corrected chi connectivity index (χ0v) is 20.7. The zero-order chi connectivity index (χ0) is 24.9. The van der Waals surface area contributed by atoms with Crippen LogP contribution in [0, 0.1) is 11.7 Å². The monoisotopic (exact) mass is 519 g/mol. The van der Waals surface area contributed by atoms with Crippen LogP contribution in [0.25, 0.3) is 0 Å². The van der Waals surface area contributed by atoms with E-state index in [0.29, 0.717) is 42.1 Å². The molecule has 3 atom stereocenters. The Bertz CT molecular complexity index is 1100. The largest absolute Gasteiger partial charge is 0.351 e. The first-order valence-corrected chi connectivity index (χ1v) is 12.7. The van der Waals surface area contributed by atoms with Crippen LogP contribution in [-0.4, -0.2) is 47.8 Å². The Morgan fingerprint density at radius 1 is 0.886 bits per heavy atom. The molecule has 1 heterocycles. The second-order valence-electron chi connectivity index (χ2n) is 9.20. The molecule has 4 rings (SSSR count). The van der Waals surface area contributed by atoms with Gasteiger partial charge in [-0.25, -0.2) is 4.39 Å². The normalized spacial score (nSPS) is 22.4. The number of hydrogen-bond donors (Lipinski definition) is 2. The predicted octanol–water partition coefficient (Wildman–Crippen LogP) is 4.84. The van der Waals surface area contributed by atoms with E-state index in [1.54, 1.807) is 17.0 Å². The molecule has 186 valence electrons. The van der Waals surface area contributed by atoms with Gasteiger partial charge in [0.05, 0.1) is 16.5 Å². The first-order chi connectivity index (χ1) is 16.8. The van der Waals surface area contributed by atoms with Crippen molar-refractivity contribution in [2.45, 2.75) is 50.6 Å². The van der Waals surface area contributed by atoms with Gasteiger partial charge >= 0.3 is 0 Å². The maximum absolute atomic E-state index is 13.2. The molecule has 0 aromatic heterocycles. The van der Waals surface area contributed by atoms with E-state index in [2.05, 4.69) is 10.6 Å². The van der Waals surface area contributed by atoms with Crippen molar-refractivity contribution < 1.29 is 18.8 Å². The summed E-state index contributed by atoms with van der Waals surface area (Å²) in [6.45, 7) is 0.865. The van der Waals surface area contributed by atoms with E-state index in [1.165, 1.54) is 30.3 Å². The summed E-state index contributed by atoms with van der Waals surface area (Å²) >= 11 is 12.2. The van der Waals surface area contributed by atoms with Gasteiger partial charge in [-0.15, -0.1) is 0 Å². The number of nitrogens with zero attached hydrogens (tertiary/aromatic N) is 1. The van der Waals surface area contributed by atoms with E-state index in [1.807, 2.05) is 0 Å². The first kappa shape index (κ1) is 25.5. The van der Waals surface area contributed by atoms with Crippen molar-refractivity contribution >= 4 is 40.9 Å². The molecule has 3 amide bonds. The number of amides is 3. The molecule has 1 saturated carbocycles. The van der Waals surface area contributed by atoms with Crippen LogP contribution < -0.4 is 10.6 Å². The Morgan fingerprint density at radius 3 is 2.26 bits per heavy atom. The lowest BCUT2D eigenvalue weighted by Crippen LogP contribution is -2.55. The van der Waals surface area contributed by atoms with Crippen LogP contribution in [-0.2, 0) is 4.79 Å². The standard InChI is InChI=1S/C26H28Cl2FN3O3/c27-18-9-12-20(21(28)14-18)26(35)32-13-3-4-17(15-32)25(34)31-23-6-2-1-5-22(23)30-24(33)16-7-10-19(29)11-8-16/h7-12,14,17,22-23H,1-6,13,15H2,(H,30,33)(H,31,34)/t17-,22+,23+/m0/s1. The van der Waals surface area contributed by atoms with Gasteiger partial charge in [0.2, 0.25) is 5.91 Å². The van der Waals surface area contributed by atoms with Gasteiger partial charge in [-0.3, -0.25) is 14.4 Å². The lowest BCUT2D eigenvalue weighted by atomic mass is 9.88. The van der Waals surface area contributed by atoms with Crippen LogP contribution in [0.15, 0.2) is 42.5 Å². The summed E-state index contributed by atoms with van der Waals surface area (Å²) in [5, 5.41) is 6.88. The Labute approximate surface area is 214 Å². The fourth-order valence-electron chi connectivity index (χ4n) is 4.84. The highest BCUT2D eigenvalue weighted by Gasteiger charge is 2.33. The highest BCUT2D eigenvalue weighted by Crippen LogP contribution is 2.26. The molecule has 35 heavy (non-hydrogen) atoms. The van der Waals surface area contributed by atoms with Crippen molar-refractivity contribution in [2.24, 2.45) is 5.92 Å². The molecule has 2 aliphatic rings. The van der Waals surface area contributed by atoms with Gasteiger partial charge < -0.3 is 15.5 Å². The number of nitrogens with one attached hydrogen (secondary N) is 2. The van der Waals surface area contributed by atoms with Gasteiger partial charge in [0.15, 0.2) is 0 Å². The molecule has 1 saturated heterocycles.